The zero-order valence-electron chi connectivity index (χ0n) is 12.2. The third kappa shape index (κ3) is 3.56. The number of nitrogens with one attached hydrogen (secondary N) is 1. The first kappa shape index (κ1) is 14.5. The Morgan fingerprint density at radius 3 is 2.50 bits per heavy atom. The van der Waals surface area contributed by atoms with Crippen LogP contribution in [0.2, 0.25) is 0 Å². The van der Waals surface area contributed by atoms with E-state index in [9.17, 15) is 9.59 Å². The third-order valence-electron chi connectivity index (χ3n) is 3.48. The van der Waals surface area contributed by atoms with Crippen molar-refractivity contribution in [2.75, 3.05) is 18.4 Å². The van der Waals surface area contributed by atoms with Crippen molar-refractivity contribution in [1.29, 1.82) is 0 Å². The number of pyridine rings is 1. The summed E-state index contributed by atoms with van der Waals surface area (Å²) in [7, 11) is 0. The Morgan fingerprint density at radius 2 is 1.90 bits per heavy atom. The zero-order chi connectivity index (χ0) is 14.7. The quantitative estimate of drug-likeness (QED) is 0.795. The van der Waals surface area contributed by atoms with Crippen molar-refractivity contribution in [3.63, 3.8) is 0 Å². The summed E-state index contributed by atoms with van der Waals surface area (Å²) in [5.74, 6) is 0.220. The number of anilines is 1. The molecule has 5 nitrogen and oxygen atoms in total. The van der Waals surface area contributed by atoms with Crippen LogP contribution in [0.5, 0.6) is 0 Å². The predicted octanol–water partition coefficient (Wildman–Crippen LogP) is 1.83. The maximum Gasteiger partial charge on any atom is 0.315 e. The van der Waals surface area contributed by atoms with Gasteiger partial charge in [0.05, 0.1) is 0 Å². The SMILES string of the molecule is Cc1cccc(NC(=O)C(=O)N2CC(C)CC(C)C2)n1. The van der Waals surface area contributed by atoms with E-state index in [0.717, 1.165) is 12.1 Å². The Hall–Kier alpha value is -1.91. The second-order valence-electron chi connectivity index (χ2n) is 5.77. The molecule has 2 rings (SSSR count). The van der Waals surface area contributed by atoms with E-state index in [-0.39, 0.29) is 0 Å². The van der Waals surface area contributed by atoms with E-state index in [1.807, 2.05) is 13.0 Å². The Balaban J connectivity index is 2.00. The summed E-state index contributed by atoms with van der Waals surface area (Å²) >= 11 is 0. The predicted molar refractivity (Wildman–Crippen MR) is 77.1 cm³/mol. The first-order valence-corrected chi connectivity index (χ1v) is 6.99. The molecule has 108 valence electrons. The number of aryl methyl sites for hydroxylation is 1. The largest absolute Gasteiger partial charge is 0.334 e. The molecule has 2 amide bonds. The fourth-order valence-electron chi connectivity index (χ4n) is 2.75. The van der Waals surface area contributed by atoms with E-state index in [1.165, 1.54) is 0 Å². The number of piperidine rings is 1. The second-order valence-corrected chi connectivity index (χ2v) is 5.77. The highest BCUT2D eigenvalue weighted by atomic mass is 16.2. The summed E-state index contributed by atoms with van der Waals surface area (Å²) in [6.07, 6.45) is 1.10. The molecule has 1 N–H and O–H groups in total. The van der Waals surface area contributed by atoms with E-state index >= 15 is 0 Å². The van der Waals surface area contributed by atoms with Crippen LogP contribution in [0.25, 0.3) is 0 Å². The maximum absolute atomic E-state index is 12.2. The minimum atomic E-state index is -0.607. The molecule has 1 aliphatic rings. The smallest absolute Gasteiger partial charge is 0.315 e. The highest BCUT2D eigenvalue weighted by Gasteiger charge is 2.29. The average molecular weight is 275 g/mol. The van der Waals surface area contributed by atoms with Gasteiger partial charge < -0.3 is 10.2 Å². The van der Waals surface area contributed by atoms with Crippen LogP contribution in [0.15, 0.2) is 18.2 Å². The molecule has 2 atom stereocenters. The van der Waals surface area contributed by atoms with E-state index < -0.39 is 11.8 Å². The minimum Gasteiger partial charge on any atom is -0.334 e. The van der Waals surface area contributed by atoms with Crippen LogP contribution < -0.4 is 5.32 Å². The van der Waals surface area contributed by atoms with Gasteiger partial charge in [0.25, 0.3) is 0 Å². The number of amides is 2. The second kappa shape index (κ2) is 6.03. The Morgan fingerprint density at radius 1 is 1.25 bits per heavy atom. The lowest BCUT2D eigenvalue weighted by molar-refractivity contribution is -0.145. The highest BCUT2D eigenvalue weighted by molar-refractivity contribution is 6.39. The fraction of sp³-hybridized carbons (Fsp3) is 0.533. The van der Waals surface area contributed by atoms with Crippen molar-refractivity contribution in [2.45, 2.75) is 27.2 Å². The number of carbonyl (C=O) groups excluding carboxylic acids is 2. The van der Waals surface area contributed by atoms with Crippen LogP contribution in [-0.2, 0) is 9.59 Å². The van der Waals surface area contributed by atoms with Gasteiger partial charge in [-0.3, -0.25) is 9.59 Å². The van der Waals surface area contributed by atoms with Crippen LogP contribution in [0.4, 0.5) is 5.82 Å². The van der Waals surface area contributed by atoms with Crippen LogP contribution in [0.1, 0.15) is 26.0 Å². The van der Waals surface area contributed by atoms with Gasteiger partial charge in [0, 0.05) is 18.8 Å². The molecule has 1 aliphatic heterocycles. The Kier molecular flexibility index (Phi) is 4.37. The molecule has 5 heteroatoms. The molecular weight excluding hydrogens is 254 g/mol. The van der Waals surface area contributed by atoms with Crippen LogP contribution in [-0.4, -0.2) is 34.8 Å². The molecule has 0 aromatic carbocycles. The van der Waals surface area contributed by atoms with E-state index in [2.05, 4.69) is 24.1 Å². The lowest BCUT2D eigenvalue weighted by Gasteiger charge is -2.34. The summed E-state index contributed by atoms with van der Waals surface area (Å²) in [5, 5.41) is 2.57. The Labute approximate surface area is 119 Å². The summed E-state index contributed by atoms with van der Waals surface area (Å²) < 4.78 is 0. The van der Waals surface area contributed by atoms with Gasteiger partial charge in [0.15, 0.2) is 0 Å². The van der Waals surface area contributed by atoms with E-state index in [0.29, 0.717) is 30.7 Å². The number of rotatable bonds is 1. The molecule has 2 unspecified atom stereocenters. The highest BCUT2D eigenvalue weighted by Crippen LogP contribution is 2.21. The molecule has 1 saturated heterocycles. The molecule has 1 aromatic heterocycles. The normalized spacial score (nSPS) is 22.4. The van der Waals surface area contributed by atoms with Gasteiger partial charge in [-0.1, -0.05) is 19.9 Å². The van der Waals surface area contributed by atoms with Crippen molar-refractivity contribution in [3.8, 4) is 0 Å². The molecule has 0 radical (unpaired) electrons. The molecule has 0 saturated carbocycles. The summed E-state index contributed by atoms with van der Waals surface area (Å²) in [5.41, 5.74) is 0.801. The fourth-order valence-corrected chi connectivity index (χ4v) is 2.75. The Bertz CT molecular complexity index is 506. The van der Waals surface area contributed by atoms with E-state index in [1.54, 1.807) is 17.0 Å². The minimum absolute atomic E-state index is 0.418. The molecule has 1 fully saturated rings. The molecule has 2 heterocycles. The van der Waals surface area contributed by atoms with Crippen LogP contribution in [0, 0.1) is 18.8 Å². The van der Waals surface area contributed by atoms with Gasteiger partial charge in [0.2, 0.25) is 0 Å². The van der Waals surface area contributed by atoms with Crippen molar-refractivity contribution in [2.24, 2.45) is 11.8 Å². The van der Waals surface area contributed by atoms with Crippen molar-refractivity contribution >= 4 is 17.6 Å². The molecule has 0 spiro atoms. The number of carbonyl (C=O) groups is 2. The van der Waals surface area contributed by atoms with Crippen molar-refractivity contribution in [3.05, 3.63) is 23.9 Å². The summed E-state index contributed by atoms with van der Waals surface area (Å²) in [6, 6.07) is 5.32. The third-order valence-corrected chi connectivity index (χ3v) is 3.48. The van der Waals surface area contributed by atoms with Gasteiger partial charge >= 0.3 is 11.8 Å². The van der Waals surface area contributed by atoms with Crippen LogP contribution in [0.3, 0.4) is 0 Å². The van der Waals surface area contributed by atoms with Gasteiger partial charge in [-0.25, -0.2) is 4.98 Å². The maximum atomic E-state index is 12.2. The summed E-state index contributed by atoms with van der Waals surface area (Å²) in [6.45, 7) is 7.35. The number of hydrogen-bond acceptors (Lipinski definition) is 3. The van der Waals surface area contributed by atoms with Crippen molar-refractivity contribution < 1.29 is 9.59 Å². The first-order chi connectivity index (χ1) is 9.45. The van der Waals surface area contributed by atoms with E-state index in [4.69, 9.17) is 0 Å². The summed E-state index contributed by atoms with van der Waals surface area (Å²) in [4.78, 5) is 30.0. The number of aromatic nitrogens is 1. The number of likely N-dealkylation sites (tertiary alicyclic amines) is 1. The molecule has 1 aromatic rings. The first-order valence-electron chi connectivity index (χ1n) is 6.99. The molecule has 0 bridgehead atoms. The lowest BCUT2D eigenvalue weighted by atomic mass is 9.92. The lowest BCUT2D eigenvalue weighted by Crippen LogP contribution is -2.47. The standard InChI is InChI=1S/C15H21N3O2/c1-10-7-11(2)9-18(8-10)15(20)14(19)17-13-6-4-5-12(3)16-13/h4-6,10-11H,7-9H2,1-3H3,(H,16,17,19). The number of nitrogens with zero attached hydrogens (tertiary/aromatic N) is 2. The molecule has 20 heavy (non-hydrogen) atoms. The monoisotopic (exact) mass is 275 g/mol. The number of hydrogen-bond donors (Lipinski definition) is 1. The van der Waals surface area contributed by atoms with Crippen LogP contribution >= 0.6 is 0 Å². The van der Waals surface area contributed by atoms with Gasteiger partial charge in [-0.15, -0.1) is 0 Å². The molecular formula is C15H21N3O2. The topological polar surface area (TPSA) is 62.3 Å². The zero-order valence-corrected chi connectivity index (χ0v) is 12.2. The van der Waals surface area contributed by atoms with Gasteiger partial charge in [-0.2, -0.15) is 0 Å². The van der Waals surface area contributed by atoms with Crippen molar-refractivity contribution in [1.82, 2.24) is 9.88 Å². The van der Waals surface area contributed by atoms with Gasteiger partial charge in [0.1, 0.15) is 5.82 Å². The average Bonchev–Trinajstić information content (AvgIpc) is 2.36. The van der Waals surface area contributed by atoms with Gasteiger partial charge in [-0.05, 0) is 37.3 Å². The molecule has 0 aliphatic carbocycles.